The van der Waals surface area contributed by atoms with Gasteiger partial charge < -0.3 is 34.0 Å². The zero-order valence-electron chi connectivity index (χ0n) is 14.2. The fraction of sp³-hybridized carbons (Fsp3) is 0.733. The molecule has 0 aliphatic carbocycles. The first-order valence-corrected chi connectivity index (χ1v) is 7.63. The van der Waals surface area contributed by atoms with E-state index in [0.717, 1.165) is 13.8 Å². The highest BCUT2D eigenvalue weighted by atomic mass is 16.7. The van der Waals surface area contributed by atoms with Gasteiger partial charge in [-0.25, -0.2) is 0 Å². The highest BCUT2D eigenvalue weighted by Gasteiger charge is 2.51. The highest BCUT2D eigenvalue weighted by molar-refractivity contribution is 5.81. The van der Waals surface area contributed by atoms with Crippen molar-refractivity contribution < 1.29 is 48.3 Å². The van der Waals surface area contributed by atoms with Crippen LogP contribution >= 0.6 is 0 Å². The molecular formula is C15H22O10. The second kappa shape index (κ2) is 9.44. The smallest absolute Gasteiger partial charge is 0.306 e. The summed E-state index contributed by atoms with van der Waals surface area (Å²) in [6.07, 6.45) is -7.35. The number of rotatable bonds is 7. The van der Waals surface area contributed by atoms with Gasteiger partial charge in [-0.15, -0.1) is 0 Å². The molecule has 25 heavy (non-hydrogen) atoms. The average molecular weight is 362 g/mol. The lowest BCUT2D eigenvalue weighted by molar-refractivity contribution is -0.295. The Morgan fingerprint density at radius 3 is 1.92 bits per heavy atom. The first-order chi connectivity index (χ1) is 11.6. The third-order valence-electron chi connectivity index (χ3n) is 3.34. The number of carbonyl (C=O) groups is 4. The summed E-state index contributed by atoms with van der Waals surface area (Å²) < 4.78 is 20.2. The first kappa shape index (κ1) is 21.0. The number of hydrogen-bond acceptors (Lipinski definition) is 10. The maximum atomic E-state index is 11.9. The summed E-state index contributed by atoms with van der Waals surface area (Å²) in [5.74, 6) is -2.58. The molecule has 0 aromatic heterocycles. The van der Waals surface area contributed by atoms with Crippen LogP contribution in [0.2, 0.25) is 0 Å². The van der Waals surface area contributed by atoms with Gasteiger partial charge in [-0.1, -0.05) is 0 Å². The van der Waals surface area contributed by atoms with Crippen molar-refractivity contribution in [2.45, 2.75) is 64.3 Å². The molecular weight excluding hydrogens is 340 g/mol. The molecule has 0 unspecified atom stereocenters. The number of ketones is 1. The van der Waals surface area contributed by atoms with Crippen molar-refractivity contribution in [3.8, 4) is 0 Å². The molecule has 0 aromatic carbocycles. The summed E-state index contributed by atoms with van der Waals surface area (Å²) in [4.78, 5) is 45.4. The van der Waals surface area contributed by atoms with E-state index in [1.807, 2.05) is 0 Å². The molecule has 0 amide bonds. The molecule has 5 atom stereocenters. The molecule has 2 N–H and O–H groups in total. The highest BCUT2D eigenvalue weighted by Crippen LogP contribution is 2.27. The third-order valence-corrected chi connectivity index (χ3v) is 3.34. The predicted molar refractivity (Wildman–Crippen MR) is 78.9 cm³/mol. The van der Waals surface area contributed by atoms with E-state index in [-0.39, 0.29) is 18.6 Å². The van der Waals surface area contributed by atoms with Crippen molar-refractivity contribution in [3.05, 3.63) is 0 Å². The lowest BCUT2D eigenvalue weighted by atomic mass is 9.98. The lowest BCUT2D eigenvalue weighted by Gasteiger charge is -2.42. The van der Waals surface area contributed by atoms with E-state index in [1.165, 1.54) is 6.92 Å². The molecule has 1 rings (SSSR count). The Morgan fingerprint density at radius 2 is 1.44 bits per heavy atom. The van der Waals surface area contributed by atoms with Crippen molar-refractivity contribution >= 4 is 23.7 Å². The van der Waals surface area contributed by atoms with Gasteiger partial charge in [-0.05, 0) is 6.92 Å². The monoisotopic (exact) mass is 362 g/mol. The van der Waals surface area contributed by atoms with Gasteiger partial charge in [0, 0.05) is 20.3 Å². The van der Waals surface area contributed by atoms with E-state index in [1.54, 1.807) is 0 Å². The van der Waals surface area contributed by atoms with Gasteiger partial charge >= 0.3 is 17.9 Å². The predicted octanol–water partition coefficient (Wildman–Crippen LogP) is -1.16. The van der Waals surface area contributed by atoms with E-state index in [9.17, 15) is 29.4 Å². The van der Waals surface area contributed by atoms with E-state index in [2.05, 4.69) is 0 Å². The Balaban J connectivity index is 3.01. The van der Waals surface area contributed by atoms with Crippen molar-refractivity contribution in [1.82, 2.24) is 0 Å². The Labute approximate surface area is 144 Å². The second-order valence-corrected chi connectivity index (χ2v) is 5.55. The quantitative estimate of drug-likeness (QED) is 0.420. The Hall–Kier alpha value is -2.04. The largest absolute Gasteiger partial charge is 0.455 e. The van der Waals surface area contributed by atoms with E-state index in [0.29, 0.717) is 0 Å². The molecule has 10 heteroatoms. The van der Waals surface area contributed by atoms with Gasteiger partial charge in [0.15, 0.2) is 24.6 Å². The van der Waals surface area contributed by atoms with Crippen molar-refractivity contribution in [1.29, 1.82) is 0 Å². The molecule has 1 saturated heterocycles. The van der Waals surface area contributed by atoms with Gasteiger partial charge in [0.25, 0.3) is 0 Å². The summed E-state index contributed by atoms with van der Waals surface area (Å²) in [5, 5.41) is 19.3. The van der Waals surface area contributed by atoms with Crippen molar-refractivity contribution in [2.75, 3.05) is 6.61 Å². The van der Waals surface area contributed by atoms with Crippen LogP contribution in [0.25, 0.3) is 0 Å². The van der Waals surface area contributed by atoms with Crippen LogP contribution < -0.4 is 0 Å². The number of aliphatic hydroxyl groups excluding tert-OH is 2. The third kappa shape index (κ3) is 6.40. The summed E-state index contributed by atoms with van der Waals surface area (Å²) in [6, 6.07) is 0. The summed E-state index contributed by atoms with van der Waals surface area (Å²) in [5.41, 5.74) is 0. The Morgan fingerprint density at radius 1 is 0.880 bits per heavy atom. The van der Waals surface area contributed by atoms with Crippen molar-refractivity contribution in [2.24, 2.45) is 0 Å². The van der Waals surface area contributed by atoms with E-state index < -0.39 is 55.2 Å². The number of esters is 3. The van der Waals surface area contributed by atoms with Crippen LogP contribution in [0.1, 0.15) is 33.6 Å². The Bertz CT molecular complexity index is 516. The number of carbonyl (C=O) groups excluding carboxylic acids is 4. The number of aliphatic hydroxyl groups is 2. The fourth-order valence-corrected chi connectivity index (χ4v) is 2.32. The van der Waals surface area contributed by atoms with Gasteiger partial charge in [0.05, 0.1) is 13.0 Å². The summed E-state index contributed by atoms with van der Waals surface area (Å²) >= 11 is 0. The topological polar surface area (TPSA) is 146 Å². The molecule has 0 aromatic rings. The standard InChI is InChI=1S/C15H22O10/c1-7(17)4-5-11(20)25-12-10(6-16)24-15(21)14(23-9(3)19)13(12)22-8(2)18/h10,12-16,21H,4-6H2,1-3H3/t10-,12-,13+,14-,15-/m1/s1. The van der Waals surface area contributed by atoms with Crippen LogP contribution in [0, 0.1) is 0 Å². The Kier molecular flexibility index (Phi) is 7.94. The molecule has 1 heterocycles. The molecule has 0 radical (unpaired) electrons. The van der Waals surface area contributed by atoms with Crippen LogP contribution in [0.4, 0.5) is 0 Å². The number of Topliss-reactive ketones (excluding diaryl/α,β-unsaturated/α-hetero) is 1. The molecule has 0 spiro atoms. The molecule has 1 aliphatic heterocycles. The van der Waals surface area contributed by atoms with Crippen LogP contribution in [0.15, 0.2) is 0 Å². The zero-order valence-corrected chi connectivity index (χ0v) is 14.2. The molecule has 0 bridgehead atoms. The first-order valence-electron chi connectivity index (χ1n) is 7.63. The van der Waals surface area contributed by atoms with Gasteiger partial charge in [-0.3, -0.25) is 14.4 Å². The molecule has 1 fully saturated rings. The lowest BCUT2D eigenvalue weighted by Crippen LogP contribution is -2.62. The van der Waals surface area contributed by atoms with Gasteiger partial charge in [-0.2, -0.15) is 0 Å². The minimum atomic E-state index is -1.70. The average Bonchev–Trinajstić information content (AvgIpc) is 2.50. The van der Waals surface area contributed by atoms with Crippen LogP contribution in [-0.4, -0.2) is 71.2 Å². The zero-order chi connectivity index (χ0) is 19.1. The van der Waals surface area contributed by atoms with Crippen molar-refractivity contribution in [3.63, 3.8) is 0 Å². The fourth-order valence-electron chi connectivity index (χ4n) is 2.32. The maximum Gasteiger partial charge on any atom is 0.306 e. The molecule has 10 nitrogen and oxygen atoms in total. The SMILES string of the molecule is CC(=O)CCC(=O)O[C@H]1[C@H](OC(C)=O)[C@@H](OC(C)=O)[C@H](O)O[C@@H]1CO. The number of ether oxygens (including phenoxy) is 4. The summed E-state index contributed by atoms with van der Waals surface area (Å²) in [6.45, 7) is 2.80. The molecule has 0 saturated carbocycles. The van der Waals surface area contributed by atoms with Gasteiger partial charge in [0.2, 0.25) is 0 Å². The maximum absolute atomic E-state index is 11.9. The summed E-state index contributed by atoms with van der Waals surface area (Å²) in [7, 11) is 0. The normalized spacial score (nSPS) is 28.8. The van der Waals surface area contributed by atoms with Crippen LogP contribution in [0.3, 0.4) is 0 Å². The van der Waals surface area contributed by atoms with Crippen LogP contribution in [0.5, 0.6) is 0 Å². The van der Waals surface area contributed by atoms with E-state index in [4.69, 9.17) is 18.9 Å². The minimum absolute atomic E-state index is 0.0512. The van der Waals surface area contributed by atoms with Crippen LogP contribution in [-0.2, 0) is 38.1 Å². The van der Waals surface area contributed by atoms with E-state index >= 15 is 0 Å². The molecule has 142 valence electrons. The van der Waals surface area contributed by atoms with Gasteiger partial charge in [0.1, 0.15) is 11.9 Å². The molecule has 1 aliphatic rings. The second-order valence-electron chi connectivity index (χ2n) is 5.55. The number of hydrogen-bond donors (Lipinski definition) is 2. The minimum Gasteiger partial charge on any atom is -0.455 e.